The third-order valence-electron chi connectivity index (χ3n) is 0.672. The van der Waals surface area contributed by atoms with Crippen LogP contribution in [-0.4, -0.2) is 11.6 Å². The van der Waals surface area contributed by atoms with Crippen LogP contribution in [0.4, 0.5) is 4.79 Å². The average molecular weight is 140 g/mol. The van der Waals surface area contributed by atoms with Crippen molar-refractivity contribution in [1.29, 1.82) is 5.26 Å². The van der Waals surface area contributed by atoms with Crippen molar-refractivity contribution in [2.24, 2.45) is 16.0 Å². The zero-order valence-electron chi connectivity index (χ0n) is 5.83. The third-order valence-corrected chi connectivity index (χ3v) is 0.672. The summed E-state index contributed by atoms with van der Waals surface area (Å²) in [6, 6.07) is 0.943. The minimum atomic E-state index is -0.963. The van der Waals surface area contributed by atoms with E-state index in [1.54, 1.807) is 0 Å². The zero-order chi connectivity index (χ0) is 8.20. The molecule has 0 saturated heterocycles. The van der Waals surface area contributed by atoms with Gasteiger partial charge in [0.2, 0.25) is 0 Å². The monoisotopic (exact) mass is 140 g/mol. The molecule has 2 N–H and O–H groups in total. The molecule has 0 radical (unpaired) electrons. The summed E-state index contributed by atoms with van der Waals surface area (Å²) in [7, 11) is 0. The zero-order valence-corrected chi connectivity index (χ0v) is 5.83. The van der Waals surface area contributed by atoms with E-state index in [9.17, 15) is 4.79 Å². The molecule has 5 nitrogen and oxygen atoms in total. The van der Waals surface area contributed by atoms with Crippen molar-refractivity contribution in [3.8, 4) is 6.07 Å². The quantitative estimate of drug-likeness (QED) is 0.546. The first-order valence-corrected chi connectivity index (χ1v) is 2.61. The van der Waals surface area contributed by atoms with Crippen LogP contribution >= 0.6 is 0 Å². The Balaban J connectivity index is 4.16. The second-order valence-electron chi connectivity index (χ2n) is 2.21. The van der Waals surface area contributed by atoms with Gasteiger partial charge < -0.3 is 5.73 Å². The molecule has 0 fully saturated rings. The van der Waals surface area contributed by atoms with Gasteiger partial charge in [-0.1, -0.05) is 5.11 Å². The lowest BCUT2D eigenvalue weighted by atomic mass is 10.1. The van der Waals surface area contributed by atoms with E-state index in [-0.39, 0.29) is 0 Å². The SMILES string of the molecule is CC(C)(C#N)N=NC(N)=O. The van der Waals surface area contributed by atoms with Gasteiger partial charge >= 0.3 is 6.03 Å². The number of nitriles is 1. The molecule has 0 atom stereocenters. The number of nitrogens with two attached hydrogens (primary N) is 1. The van der Waals surface area contributed by atoms with Gasteiger partial charge in [0.25, 0.3) is 0 Å². The lowest BCUT2D eigenvalue weighted by Crippen LogP contribution is -2.13. The summed E-state index contributed by atoms with van der Waals surface area (Å²) in [5.74, 6) is 0. The Hall–Kier alpha value is -1.44. The molecule has 0 bridgehead atoms. The van der Waals surface area contributed by atoms with Crippen LogP contribution in [-0.2, 0) is 0 Å². The van der Waals surface area contributed by atoms with Crippen LogP contribution in [0, 0.1) is 11.3 Å². The maximum atomic E-state index is 10.0. The number of nitrogens with zero attached hydrogens (tertiary/aromatic N) is 3. The standard InChI is InChI=1S/C5H8N4O/c1-5(2,3-6)9-8-4(7)10/h1-2H3,(H2,7,10). The molecule has 54 valence electrons. The molecule has 0 aromatic rings. The van der Waals surface area contributed by atoms with E-state index >= 15 is 0 Å². The summed E-state index contributed by atoms with van der Waals surface area (Å²) in [5.41, 5.74) is 3.68. The summed E-state index contributed by atoms with van der Waals surface area (Å²) < 4.78 is 0. The molecule has 0 aliphatic heterocycles. The van der Waals surface area contributed by atoms with Crippen molar-refractivity contribution in [3.63, 3.8) is 0 Å². The Labute approximate surface area is 58.5 Å². The molecule has 0 saturated carbocycles. The lowest BCUT2D eigenvalue weighted by molar-refractivity contribution is 0.254. The number of hydrogen-bond donors (Lipinski definition) is 1. The highest BCUT2D eigenvalue weighted by molar-refractivity contribution is 5.71. The highest BCUT2D eigenvalue weighted by Crippen LogP contribution is 2.06. The van der Waals surface area contributed by atoms with Crippen LogP contribution < -0.4 is 5.73 Å². The van der Waals surface area contributed by atoms with Crippen LogP contribution in [0.15, 0.2) is 10.2 Å². The summed E-state index contributed by atoms with van der Waals surface area (Å²) in [4.78, 5) is 10.0. The Morgan fingerprint density at radius 2 is 2.20 bits per heavy atom. The molecular formula is C5H8N4O. The average Bonchev–Trinajstić information content (AvgIpc) is 1.85. The summed E-state index contributed by atoms with van der Waals surface area (Å²) in [6.45, 7) is 3.05. The number of rotatable bonds is 1. The van der Waals surface area contributed by atoms with Crippen LogP contribution in [0.5, 0.6) is 0 Å². The normalized spacial score (nSPS) is 11.3. The summed E-state index contributed by atoms with van der Waals surface area (Å²) in [5, 5.41) is 14.7. The third kappa shape index (κ3) is 3.55. The van der Waals surface area contributed by atoms with Crippen molar-refractivity contribution in [2.75, 3.05) is 0 Å². The highest BCUT2D eigenvalue weighted by Gasteiger charge is 2.14. The van der Waals surface area contributed by atoms with E-state index < -0.39 is 11.6 Å². The summed E-state index contributed by atoms with van der Waals surface area (Å²) >= 11 is 0. The molecule has 0 aromatic heterocycles. The van der Waals surface area contributed by atoms with Crippen LogP contribution in [0.3, 0.4) is 0 Å². The van der Waals surface area contributed by atoms with Gasteiger partial charge in [-0.2, -0.15) is 10.4 Å². The second-order valence-corrected chi connectivity index (χ2v) is 2.21. The number of amides is 2. The van der Waals surface area contributed by atoms with Gasteiger partial charge in [-0.3, -0.25) is 0 Å². The minimum Gasteiger partial charge on any atom is -0.348 e. The maximum absolute atomic E-state index is 10.0. The van der Waals surface area contributed by atoms with Gasteiger partial charge in [-0.05, 0) is 13.8 Å². The van der Waals surface area contributed by atoms with Gasteiger partial charge in [0, 0.05) is 0 Å². The molecule has 0 heterocycles. The second kappa shape index (κ2) is 2.92. The fourth-order valence-electron chi connectivity index (χ4n) is 0.197. The Bertz CT molecular complexity index is 200. The molecule has 10 heavy (non-hydrogen) atoms. The van der Waals surface area contributed by atoms with E-state index in [4.69, 9.17) is 5.26 Å². The lowest BCUT2D eigenvalue weighted by Gasteiger charge is -2.03. The first kappa shape index (κ1) is 8.56. The van der Waals surface area contributed by atoms with Crippen LogP contribution in [0.25, 0.3) is 0 Å². The van der Waals surface area contributed by atoms with E-state index in [0.717, 1.165) is 0 Å². The number of azo groups is 1. The molecule has 0 unspecified atom stereocenters. The van der Waals surface area contributed by atoms with E-state index in [1.807, 2.05) is 6.07 Å². The topological polar surface area (TPSA) is 91.6 Å². The van der Waals surface area contributed by atoms with Crippen LogP contribution in [0.2, 0.25) is 0 Å². The van der Waals surface area contributed by atoms with Crippen molar-refractivity contribution >= 4 is 6.03 Å². The van der Waals surface area contributed by atoms with Crippen molar-refractivity contribution in [2.45, 2.75) is 19.4 Å². The Morgan fingerprint density at radius 3 is 2.50 bits per heavy atom. The number of carbonyl (C=O) groups is 1. The first-order chi connectivity index (χ1) is 4.48. The molecule has 0 rings (SSSR count). The molecule has 0 spiro atoms. The molecule has 5 heteroatoms. The number of carbonyl (C=O) groups excluding carboxylic acids is 1. The fourth-order valence-corrected chi connectivity index (χ4v) is 0.197. The highest BCUT2D eigenvalue weighted by atomic mass is 16.2. The van der Waals surface area contributed by atoms with Gasteiger partial charge in [0.05, 0.1) is 6.07 Å². The first-order valence-electron chi connectivity index (χ1n) is 2.61. The Morgan fingerprint density at radius 1 is 1.70 bits per heavy atom. The molecule has 0 aliphatic rings. The maximum Gasteiger partial charge on any atom is 0.356 e. The van der Waals surface area contributed by atoms with E-state index in [0.29, 0.717) is 0 Å². The summed E-state index contributed by atoms with van der Waals surface area (Å²) in [6.07, 6.45) is 0. The number of urea groups is 1. The largest absolute Gasteiger partial charge is 0.356 e. The Kier molecular flexibility index (Phi) is 2.50. The van der Waals surface area contributed by atoms with Gasteiger partial charge in [-0.25, -0.2) is 4.79 Å². The fraction of sp³-hybridized carbons (Fsp3) is 0.600. The van der Waals surface area contributed by atoms with Crippen molar-refractivity contribution in [3.05, 3.63) is 0 Å². The minimum absolute atomic E-state index is 0.886. The molecular weight excluding hydrogens is 132 g/mol. The molecule has 0 aromatic carbocycles. The van der Waals surface area contributed by atoms with Gasteiger partial charge in [0.1, 0.15) is 0 Å². The predicted octanol–water partition coefficient (Wildman–Crippen LogP) is 0.819. The smallest absolute Gasteiger partial charge is 0.348 e. The molecule has 0 aliphatic carbocycles. The van der Waals surface area contributed by atoms with Gasteiger partial charge in [-0.15, -0.1) is 0 Å². The van der Waals surface area contributed by atoms with E-state index in [2.05, 4.69) is 16.0 Å². The van der Waals surface area contributed by atoms with Crippen molar-refractivity contribution in [1.82, 2.24) is 0 Å². The number of hydrogen-bond acceptors (Lipinski definition) is 3. The van der Waals surface area contributed by atoms with E-state index in [1.165, 1.54) is 13.8 Å². The molecule has 2 amide bonds. The predicted molar refractivity (Wildman–Crippen MR) is 34.1 cm³/mol. The van der Waals surface area contributed by atoms with Crippen molar-refractivity contribution < 1.29 is 4.79 Å². The van der Waals surface area contributed by atoms with Crippen LogP contribution in [0.1, 0.15) is 13.8 Å². The van der Waals surface area contributed by atoms with Gasteiger partial charge in [0.15, 0.2) is 5.54 Å². The number of primary amides is 1.